The third-order valence-electron chi connectivity index (χ3n) is 6.72. The van der Waals surface area contributed by atoms with E-state index in [-0.39, 0.29) is 30.2 Å². The summed E-state index contributed by atoms with van der Waals surface area (Å²) in [7, 11) is 0. The number of halogens is 1. The number of hydrogen-bond acceptors (Lipinski definition) is 5. The summed E-state index contributed by atoms with van der Waals surface area (Å²) < 4.78 is -0.827. The van der Waals surface area contributed by atoms with Crippen LogP contribution >= 0.6 is 23.4 Å². The van der Waals surface area contributed by atoms with Crippen molar-refractivity contribution in [3.05, 3.63) is 41.9 Å². The van der Waals surface area contributed by atoms with E-state index in [0.29, 0.717) is 23.6 Å². The summed E-state index contributed by atoms with van der Waals surface area (Å²) in [6.45, 7) is 5.30. The van der Waals surface area contributed by atoms with Gasteiger partial charge in [-0.2, -0.15) is 0 Å². The average molecular weight is 465 g/mol. The van der Waals surface area contributed by atoms with E-state index in [1.165, 1.54) is 21.6 Å². The quantitative estimate of drug-likeness (QED) is 0.601. The monoisotopic (exact) mass is 464 g/mol. The second kappa shape index (κ2) is 8.15. The highest BCUT2D eigenvalue weighted by molar-refractivity contribution is 8.02. The van der Waals surface area contributed by atoms with Crippen molar-refractivity contribution in [2.45, 2.75) is 41.8 Å². The van der Waals surface area contributed by atoms with Crippen LogP contribution in [0.4, 0.5) is 5.69 Å². The summed E-state index contributed by atoms with van der Waals surface area (Å²) in [5.74, 6) is -3.31. The topological polar surface area (TPSA) is 98.2 Å². The first kappa shape index (κ1) is 22.2. The summed E-state index contributed by atoms with van der Waals surface area (Å²) in [4.78, 5) is 42.5. The molecule has 3 fully saturated rings. The molecule has 166 valence electrons. The van der Waals surface area contributed by atoms with Crippen molar-refractivity contribution in [3.8, 4) is 0 Å². The van der Waals surface area contributed by atoms with Crippen LogP contribution in [0.5, 0.6) is 0 Å². The molecule has 1 spiro atoms. The number of fused-ring (bicyclic) bond motifs is 1. The van der Waals surface area contributed by atoms with Gasteiger partial charge in [-0.25, -0.2) is 0 Å². The molecule has 4 rings (SSSR count). The number of aliphatic hydroxyl groups is 1. The van der Waals surface area contributed by atoms with E-state index in [0.717, 1.165) is 0 Å². The number of carbonyl (C=O) groups is 3. The lowest BCUT2D eigenvalue weighted by atomic mass is 9.71. The average Bonchev–Trinajstić information content (AvgIpc) is 3.39. The molecule has 2 N–H and O–H groups in total. The Balaban J connectivity index is 1.83. The number of nitrogens with zero attached hydrogens (tertiary/aromatic N) is 2. The standard InChI is InChI=1S/C22H25ClN2O5S/c1-3-10-24(14-7-5-4-6-13(14)23)20(28)18-22-9-8-15(31-22)16(21(29)30)17(22)19(27)25(18)12(2)11-26/h3-7,12,15-18,26H,1,8-11H2,2H3,(H,29,30)/t12-,15+,16-,17+,18?,22?/m1/s1. The Hall–Kier alpha value is -2.03. The Labute approximate surface area is 190 Å². The molecule has 31 heavy (non-hydrogen) atoms. The van der Waals surface area contributed by atoms with E-state index in [1.54, 1.807) is 37.3 Å². The molecule has 7 nitrogen and oxygen atoms in total. The molecule has 6 atom stereocenters. The number of amides is 2. The van der Waals surface area contributed by atoms with Gasteiger partial charge in [0.15, 0.2) is 0 Å². The van der Waals surface area contributed by atoms with Crippen LogP contribution in [0, 0.1) is 11.8 Å². The first-order chi connectivity index (χ1) is 14.8. The highest BCUT2D eigenvalue weighted by Crippen LogP contribution is 2.66. The van der Waals surface area contributed by atoms with Gasteiger partial charge >= 0.3 is 5.97 Å². The van der Waals surface area contributed by atoms with Crippen LogP contribution in [0.3, 0.4) is 0 Å². The fourth-order valence-electron chi connectivity index (χ4n) is 5.47. The van der Waals surface area contributed by atoms with Gasteiger partial charge in [0.05, 0.1) is 39.9 Å². The van der Waals surface area contributed by atoms with Gasteiger partial charge < -0.3 is 20.0 Å². The zero-order valence-electron chi connectivity index (χ0n) is 17.1. The van der Waals surface area contributed by atoms with Crippen molar-refractivity contribution in [2.24, 2.45) is 11.8 Å². The molecular formula is C22H25ClN2O5S. The van der Waals surface area contributed by atoms with Gasteiger partial charge in [0, 0.05) is 11.8 Å². The molecule has 2 amide bonds. The molecule has 1 aromatic rings. The minimum Gasteiger partial charge on any atom is -0.481 e. The first-order valence-corrected chi connectivity index (χ1v) is 11.5. The second-order valence-corrected chi connectivity index (χ2v) is 10.4. The molecular weight excluding hydrogens is 440 g/mol. The third-order valence-corrected chi connectivity index (χ3v) is 8.99. The van der Waals surface area contributed by atoms with Gasteiger partial charge in [-0.15, -0.1) is 18.3 Å². The van der Waals surface area contributed by atoms with Gasteiger partial charge in [-0.05, 0) is 31.9 Å². The Morgan fingerprint density at radius 2 is 2.16 bits per heavy atom. The van der Waals surface area contributed by atoms with Crippen LogP contribution in [0.2, 0.25) is 5.02 Å². The molecule has 3 saturated heterocycles. The van der Waals surface area contributed by atoms with E-state index in [4.69, 9.17) is 11.6 Å². The number of benzene rings is 1. The van der Waals surface area contributed by atoms with Crippen LogP contribution in [-0.2, 0) is 14.4 Å². The lowest BCUT2D eigenvalue weighted by Crippen LogP contribution is -2.57. The predicted molar refractivity (Wildman–Crippen MR) is 119 cm³/mol. The molecule has 3 aliphatic rings. The Bertz CT molecular complexity index is 942. The molecule has 1 aromatic carbocycles. The fourth-order valence-corrected chi connectivity index (χ4v) is 7.90. The van der Waals surface area contributed by atoms with Crippen molar-refractivity contribution in [1.29, 1.82) is 0 Å². The van der Waals surface area contributed by atoms with E-state index in [1.807, 2.05) is 0 Å². The number of carboxylic acids is 1. The molecule has 2 bridgehead atoms. The zero-order valence-corrected chi connectivity index (χ0v) is 18.7. The number of likely N-dealkylation sites (tertiary alicyclic amines) is 1. The lowest BCUT2D eigenvalue weighted by molar-refractivity contribution is -0.149. The number of anilines is 1. The van der Waals surface area contributed by atoms with Crippen LogP contribution < -0.4 is 4.90 Å². The van der Waals surface area contributed by atoms with Crippen LogP contribution in [0.15, 0.2) is 36.9 Å². The predicted octanol–water partition coefficient (Wildman–Crippen LogP) is 2.42. The molecule has 2 unspecified atom stereocenters. The van der Waals surface area contributed by atoms with Crippen molar-refractivity contribution in [1.82, 2.24) is 4.90 Å². The highest BCUT2D eigenvalue weighted by atomic mass is 35.5. The lowest BCUT2D eigenvalue weighted by Gasteiger charge is -2.39. The number of aliphatic carboxylic acids is 1. The number of para-hydroxylation sites is 1. The van der Waals surface area contributed by atoms with Gasteiger partial charge in [-0.1, -0.05) is 29.8 Å². The maximum absolute atomic E-state index is 14.0. The summed E-state index contributed by atoms with van der Waals surface area (Å²) in [6.07, 6.45) is 2.81. The fraction of sp³-hybridized carbons (Fsp3) is 0.500. The molecule has 0 radical (unpaired) electrons. The number of rotatable bonds is 7. The molecule has 0 aromatic heterocycles. The molecule has 3 aliphatic heterocycles. The number of hydrogen-bond donors (Lipinski definition) is 2. The van der Waals surface area contributed by atoms with Crippen molar-refractivity contribution >= 4 is 46.8 Å². The van der Waals surface area contributed by atoms with E-state index < -0.39 is 34.6 Å². The maximum Gasteiger partial charge on any atom is 0.308 e. The Kier molecular flexibility index (Phi) is 5.83. The summed E-state index contributed by atoms with van der Waals surface area (Å²) in [5.41, 5.74) is 0.505. The first-order valence-electron chi connectivity index (χ1n) is 10.3. The summed E-state index contributed by atoms with van der Waals surface area (Å²) in [6, 6.07) is 5.45. The van der Waals surface area contributed by atoms with Crippen molar-refractivity contribution in [2.75, 3.05) is 18.1 Å². The normalized spacial score (nSPS) is 32.1. The SMILES string of the molecule is C=CCN(C(=O)C1N([C@H](C)CO)C(=O)[C@@H]2[C@H](C(=O)O)[C@@H]3CCC12S3)c1ccccc1Cl. The molecule has 3 heterocycles. The van der Waals surface area contributed by atoms with Gasteiger partial charge in [0.2, 0.25) is 5.91 Å². The van der Waals surface area contributed by atoms with Crippen molar-refractivity contribution < 1.29 is 24.6 Å². The van der Waals surface area contributed by atoms with Gasteiger partial charge in [0.25, 0.3) is 5.91 Å². The minimum absolute atomic E-state index is 0.186. The maximum atomic E-state index is 14.0. The summed E-state index contributed by atoms with van der Waals surface area (Å²) >= 11 is 7.84. The van der Waals surface area contributed by atoms with Crippen LogP contribution in [0.25, 0.3) is 0 Å². The van der Waals surface area contributed by atoms with E-state index >= 15 is 0 Å². The highest BCUT2D eigenvalue weighted by Gasteiger charge is 2.74. The summed E-state index contributed by atoms with van der Waals surface area (Å²) in [5, 5.41) is 19.9. The number of aliphatic hydroxyl groups excluding tert-OH is 1. The number of carboxylic acid groups (broad SMARTS) is 1. The van der Waals surface area contributed by atoms with Crippen LogP contribution in [0.1, 0.15) is 19.8 Å². The third kappa shape index (κ3) is 3.18. The zero-order chi connectivity index (χ0) is 22.5. The van der Waals surface area contributed by atoms with E-state index in [2.05, 4.69) is 6.58 Å². The number of carbonyl (C=O) groups excluding carboxylic acids is 2. The largest absolute Gasteiger partial charge is 0.481 e. The number of thioether (sulfide) groups is 1. The van der Waals surface area contributed by atoms with E-state index in [9.17, 15) is 24.6 Å². The van der Waals surface area contributed by atoms with Gasteiger partial charge in [-0.3, -0.25) is 14.4 Å². The molecule has 0 saturated carbocycles. The smallest absolute Gasteiger partial charge is 0.308 e. The minimum atomic E-state index is -1.00. The van der Waals surface area contributed by atoms with Crippen LogP contribution in [-0.4, -0.2) is 68.1 Å². The second-order valence-electron chi connectivity index (χ2n) is 8.36. The molecule has 0 aliphatic carbocycles. The Morgan fingerprint density at radius 1 is 1.45 bits per heavy atom. The molecule has 9 heteroatoms. The van der Waals surface area contributed by atoms with Crippen molar-refractivity contribution in [3.63, 3.8) is 0 Å². The Morgan fingerprint density at radius 3 is 2.77 bits per heavy atom. The van der Waals surface area contributed by atoms with Gasteiger partial charge in [0.1, 0.15) is 6.04 Å².